The molecule has 1 aromatic carbocycles. The lowest BCUT2D eigenvalue weighted by molar-refractivity contribution is -0.138. The highest BCUT2D eigenvalue weighted by atomic mass is 16.2. The highest BCUT2D eigenvalue weighted by Gasteiger charge is 2.31. The number of aromatic nitrogens is 1. The Hall–Kier alpha value is -2.73. The number of nitrogens with zero attached hydrogens (tertiary/aromatic N) is 3. The Balaban J connectivity index is 1.49. The molecule has 0 saturated carbocycles. The highest BCUT2D eigenvalue weighted by Crippen LogP contribution is 2.30. The van der Waals surface area contributed by atoms with Gasteiger partial charge in [0.25, 0.3) is 0 Å². The zero-order chi connectivity index (χ0) is 21.1. The maximum Gasteiger partial charge on any atom is 0.248 e. The van der Waals surface area contributed by atoms with Crippen LogP contribution in [0.3, 0.4) is 0 Å². The number of pyridine rings is 1. The summed E-state index contributed by atoms with van der Waals surface area (Å²) in [5, 5.41) is 0. The molecular weight excluding hydrogens is 376 g/mol. The van der Waals surface area contributed by atoms with Crippen LogP contribution < -0.4 is 5.73 Å². The molecule has 2 saturated heterocycles. The minimum atomic E-state index is -0.441. The van der Waals surface area contributed by atoms with Crippen LogP contribution in [-0.2, 0) is 4.79 Å². The minimum Gasteiger partial charge on any atom is -0.366 e. The van der Waals surface area contributed by atoms with E-state index < -0.39 is 5.91 Å². The fourth-order valence-electron chi connectivity index (χ4n) is 4.60. The molecule has 4 rings (SSSR count). The van der Waals surface area contributed by atoms with E-state index in [9.17, 15) is 9.59 Å². The lowest BCUT2D eigenvalue weighted by atomic mass is 9.90. The molecule has 0 radical (unpaired) electrons. The van der Waals surface area contributed by atoms with Gasteiger partial charge in [0.1, 0.15) is 0 Å². The Morgan fingerprint density at radius 1 is 1.03 bits per heavy atom. The highest BCUT2D eigenvalue weighted by molar-refractivity contribution is 5.94. The minimum absolute atomic E-state index is 0.163. The van der Waals surface area contributed by atoms with E-state index in [-0.39, 0.29) is 11.8 Å². The first-order valence-electron chi connectivity index (χ1n) is 10.9. The number of carbonyl (C=O) groups is 2. The van der Waals surface area contributed by atoms with Crippen LogP contribution in [0.4, 0.5) is 0 Å². The predicted octanol–water partition coefficient (Wildman–Crippen LogP) is 2.90. The molecule has 6 heteroatoms. The van der Waals surface area contributed by atoms with E-state index in [2.05, 4.69) is 22.9 Å². The maximum absolute atomic E-state index is 13.1. The molecular formula is C24H30N4O2. The molecule has 3 heterocycles. The van der Waals surface area contributed by atoms with Gasteiger partial charge in [0.2, 0.25) is 11.8 Å². The number of hydrogen-bond donors (Lipinski definition) is 1. The summed E-state index contributed by atoms with van der Waals surface area (Å²) in [6, 6.07) is 13.3. The lowest BCUT2D eigenvalue weighted by Gasteiger charge is -2.37. The van der Waals surface area contributed by atoms with Crippen molar-refractivity contribution < 1.29 is 9.59 Å². The average Bonchev–Trinajstić information content (AvgIpc) is 2.79. The first-order valence-corrected chi connectivity index (χ1v) is 10.9. The largest absolute Gasteiger partial charge is 0.366 e. The van der Waals surface area contributed by atoms with E-state index in [0.29, 0.717) is 11.5 Å². The number of benzene rings is 1. The fourth-order valence-corrected chi connectivity index (χ4v) is 4.60. The van der Waals surface area contributed by atoms with Crippen LogP contribution in [0.5, 0.6) is 0 Å². The van der Waals surface area contributed by atoms with E-state index in [1.54, 1.807) is 12.1 Å². The number of primary amides is 1. The lowest BCUT2D eigenvalue weighted by Crippen LogP contribution is -2.45. The van der Waals surface area contributed by atoms with Gasteiger partial charge < -0.3 is 15.5 Å². The van der Waals surface area contributed by atoms with Crippen molar-refractivity contribution >= 4 is 11.8 Å². The van der Waals surface area contributed by atoms with Crippen LogP contribution in [0, 0.1) is 5.92 Å². The summed E-state index contributed by atoms with van der Waals surface area (Å²) in [5.74, 6) is 0.283. The molecule has 0 spiro atoms. The second-order valence-corrected chi connectivity index (χ2v) is 8.59. The summed E-state index contributed by atoms with van der Waals surface area (Å²) in [6.45, 7) is 3.59. The van der Waals surface area contributed by atoms with Gasteiger partial charge in [0, 0.05) is 41.7 Å². The number of nitrogens with two attached hydrogens (primary N) is 1. The van der Waals surface area contributed by atoms with Gasteiger partial charge in [-0.3, -0.25) is 14.6 Å². The van der Waals surface area contributed by atoms with E-state index in [1.807, 2.05) is 24.3 Å². The van der Waals surface area contributed by atoms with E-state index in [0.717, 1.165) is 68.8 Å². The Morgan fingerprint density at radius 3 is 2.57 bits per heavy atom. The molecule has 0 bridgehead atoms. The van der Waals surface area contributed by atoms with Crippen LogP contribution >= 0.6 is 0 Å². The SMILES string of the molecule is CN1CCC(C(=O)N2CCCC(c3cccc(-c4cccc(C(N)=O)c4)n3)C2)CC1. The quantitative estimate of drug-likeness (QED) is 0.847. The predicted molar refractivity (Wildman–Crippen MR) is 117 cm³/mol. The Kier molecular flexibility index (Phi) is 6.13. The molecule has 6 nitrogen and oxygen atoms in total. The normalized spacial score (nSPS) is 20.8. The van der Waals surface area contributed by atoms with Crippen LogP contribution in [0.15, 0.2) is 42.5 Å². The number of piperidine rings is 2. The standard InChI is InChI=1S/C24H30N4O2/c1-27-13-10-17(11-14-27)24(30)28-12-4-7-20(16-28)22-9-3-8-21(26-22)18-5-2-6-19(15-18)23(25)29/h2-3,5-6,8-9,15,17,20H,4,7,10-14,16H2,1H3,(H2,25,29). The number of carbonyl (C=O) groups excluding carboxylic acids is 2. The molecule has 2 fully saturated rings. The average molecular weight is 407 g/mol. The van der Waals surface area contributed by atoms with Crippen LogP contribution in [0.25, 0.3) is 11.3 Å². The summed E-state index contributed by atoms with van der Waals surface area (Å²) in [7, 11) is 2.12. The van der Waals surface area contributed by atoms with Gasteiger partial charge >= 0.3 is 0 Å². The molecule has 2 aliphatic heterocycles. The smallest absolute Gasteiger partial charge is 0.248 e. The van der Waals surface area contributed by atoms with Crippen molar-refractivity contribution in [2.24, 2.45) is 11.7 Å². The number of amides is 2. The van der Waals surface area contributed by atoms with Crippen molar-refractivity contribution in [2.45, 2.75) is 31.6 Å². The molecule has 2 amide bonds. The van der Waals surface area contributed by atoms with Crippen molar-refractivity contribution in [3.63, 3.8) is 0 Å². The summed E-state index contributed by atoms with van der Waals surface area (Å²) < 4.78 is 0. The van der Waals surface area contributed by atoms with Crippen LogP contribution in [-0.4, -0.2) is 59.8 Å². The third-order valence-electron chi connectivity index (χ3n) is 6.43. The molecule has 1 atom stereocenters. The first-order chi connectivity index (χ1) is 14.5. The topological polar surface area (TPSA) is 79.5 Å². The Bertz CT molecular complexity index is 921. The van der Waals surface area contributed by atoms with Gasteiger partial charge in [-0.15, -0.1) is 0 Å². The summed E-state index contributed by atoms with van der Waals surface area (Å²) in [6.07, 6.45) is 3.96. The molecule has 30 heavy (non-hydrogen) atoms. The molecule has 2 N–H and O–H groups in total. The Labute approximate surface area is 178 Å². The number of rotatable bonds is 4. The Morgan fingerprint density at radius 2 is 1.80 bits per heavy atom. The van der Waals surface area contributed by atoms with Gasteiger partial charge in [-0.1, -0.05) is 18.2 Å². The summed E-state index contributed by atoms with van der Waals surface area (Å²) in [4.78, 5) is 33.8. The van der Waals surface area contributed by atoms with Crippen molar-refractivity contribution in [2.75, 3.05) is 33.2 Å². The number of hydrogen-bond acceptors (Lipinski definition) is 4. The van der Waals surface area contributed by atoms with Crippen LogP contribution in [0.2, 0.25) is 0 Å². The third kappa shape index (κ3) is 4.54. The van der Waals surface area contributed by atoms with Gasteiger partial charge in [0.05, 0.1) is 5.69 Å². The van der Waals surface area contributed by atoms with Crippen LogP contribution in [0.1, 0.15) is 47.7 Å². The van der Waals surface area contributed by atoms with E-state index in [4.69, 9.17) is 10.7 Å². The van der Waals surface area contributed by atoms with Crippen molar-refractivity contribution in [3.05, 3.63) is 53.7 Å². The molecule has 158 valence electrons. The van der Waals surface area contributed by atoms with Gasteiger partial charge in [-0.05, 0) is 70.1 Å². The summed E-state index contributed by atoms with van der Waals surface area (Å²) in [5.41, 5.74) is 8.62. The van der Waals surface area contributed by atoms with E-state index in [1.165, 1.54) is 0 Å². The first kappa shape index (κ1) is 20.5. The molecule has 2 aromatic rings. The van der Waals surface area contributed by atoms with Crippen molar-refractivity contribution in [1.82, 2.24) is 14.8 Å². The summed E-state index contributed by atoms with van der Waals surface area (Å²) >= 11 is 0. The fraction of sp³-hybridized carbons (Fsp3) is 0.458. The third-order valence-corrected chi connectivity index (χ3v) is 6.43. The maximum atomic E-state index is 13.1. The molecule has 0 aliphatic carbocycles. The molecule has 1 aromatic heterocycles. The zero-order valence-corrected chi connectivity index (χ0v) is 17.6. The second-order valence-electron chi connectivity index (χ2n) is 8.59. The molecule has 1 unspecified atom stereocenters. The van der Waals surface area contributed by atoms with Crippen molar-refractivity contribution in [1.29, 1.82) is 0 Å². The molecule has 2 aliphatic rings. The van der Waals surface area contributed by atoms with Gasteiger partial charge in [0.15, 0.2) is 0 Å². The monoisotopic (exact) mass is 406 g/mol. The van der Waals surface area contributed by atoms with Crippen molar-refractivity contribution in [3.8, 4) is 11.3 Å². The zero-order valence-electron chi connectivity index (χ0n) is 17.6. The van der Waals surface area contributed by atoms with Gasteiger partial charge in [-0.25, -0.2) is 0 Å². The second kappa shape index (κ2) is 8.96. The van der Waals surface area contributed by atoms with Gasteiger partial charge in [-0.2, -0.15) is 0 Å². The van der Waals surface area contributed by atoms with E-state index >= 15 is 0 Å². The number of likely N-dealkylation sites (tertiary alicyclic amines) is 2.